The number of benzene rings is 1. The topological polar surface area (TPSA) is 68.6 Å². The summed E-state index contributed by atoms with van der Waals surface area (Å²) in [5.74, 6) is 0.923. The highest BCUT2D eigenvalue weighted by atomic mass is 16.1. The molecule has 0 saturated carbocycles. The maximum absolute atomic E-state index is 12.4. The van der Waals surface area contributed by atoms with E-state index in [2.05, 4.69) is 26.7 Å². The second kappa shape index (κ2) is 6.13. The molecular formula is C18H21N5O. The van der Waals surface area contributed by atoms with Gasteiger partial charge in [-0.25, -0.2) is 0 Å². The first kappa shape index (κ1) is 15.0. The highest BCUT2D eigenvalue weighted by Crippen LogP contribution is 2.21. The SMILES string of the molecule is N[C@@H]1CCCN(c2cc(=O)n3nccc3n2Cc2ccccc2)C1. The fraction of sp³-hybridized carbons (Fsp3) is 0.333. The lowest BCUT2D eigenvalue weighted by atomic mass is 10.1. The molecule has 1 fully saturated rings. The maximum atomic E-state index is 12.4. The molecule has 6 heteroatoms. The molecule has 0 amide bonds. The first-order chi connectivity index (χ1) is 11.7. The van der Waals surface area contributed by atoms with E-state index in [1.54, 1.807) is 12.3 Å². The zero-order chi connectivity index (χ0) is 16.5. The Balaban J connectivity index is 1.85. The van der Waals surface area contributed by atoms with E-state index in [1.807, 2.05) is 24.3 Å². The Morgan fingerprint density at radius 3 is 2.83 bits per heavy atom. The summed E-state index contributed by atoms with van der Waals surface area (Å²) in [5.41, 5.74) is 8.04. The summed E-state index contributed by atoms with van der Waals surface area (Å²) in [5, 5.41) is 4.16. The molecule has 124 valence electrons. The van der Waals surface area contributed by atoms with E-state index in [9.17, 15) is 4.79 Å². The van der Waals surface area contributed by atoms with Crippen LogP contribution in [0.25, 0.3) is 5.65 Å². The summed E-state index contributed by atoms with van der Waals surface area (Å²) >= 11 is 0. The third-order valence-corrected chi connectivity index (χ3v) is 4.60. The van der Waals surface area contributed by atoms with Crippen molar-refractivity contribution in [3.8, 4) is 0 Å². The van der Waals surface area contributed by atoms with Crippen LogP contribution in [-0.2, 0) is 6.54 Å². The molecule has 0 aliphatic carbocycles. The minimum atomic E-state index is -0.103. The van der Waals surface area contributed by atoms with Crippen molar-refractivity contribution in [1.82, 2.24) is 14.2 Å². The van der Waals surface area contributed by atoms with Crippen LogP contribution in [0.2, 0.25) is 0 Å². The van der Waals surface area contributed by atoms with Crippen LogP contribution >= 0.6 is 0 Å². The second-order valence-electron chi connectivity index (χ2n) is 6.36. The molecule has 2 N–H and O–H groups in total. The largest absolute Gasteiger partial charge is 0.356 e. The molecule has 6 nitrogen and oxygen atoms in total. The summed E-state index contributed by atoms with van der Waals surface area (Å²) in [6, 6.07) is 14.0. The normalized spacial score (nSPS) is 18.2. The standard InChI is InChI=1S/C18H21N5O/c19-15-7-4-10-21(13-15)17-11-18(24)23-16(8-9-20-23)22(17)12-14-5-2-1-3-6-14/h1-3,5-6,8-9,11,15H,4,7,10,12-13,19H2/t15-/m1/s1. The van der Waals surface area contributed by atoms with Crippen LogP contribution in [0.1, 0.15) is 18.4 Å². The van der Waals surface area contributed by atoms with Gasteiger partial charge < -0.3 is 15.2 Å². The third-order valence-electron chi connectivity index (χ3n) is 4.60. The summed E-state index contributed by atoms with van der Waals surface area (Å²) < 4.78 is 3.61. The van der Waals surface area contributed by atoms with Gasteiger partial charge in [0.15, 0.2) is 0 Å². The van der Waals surface area contributed by atoms with Gasteiger partial charge in [-0.1, -0.05) is 30.3 Å². The second-order valence-corrected chi connectivity index (χ2v) is 6.36. The predicted molar refractivity (Wildman–Crippen MR) is 94.4 cm³/mol. The molecule has 2 aromatic heterocycles. The van der Waals surface area contributed by atoms with E-state index >= 15 is 0 Å². The molecule has 0 spiro atoms. The average molecular weight is 323 g/mol. The van der Waals surface area contributed by atoms with Crippen LogP contribution in [0.3, 0.4) is 0 Å². The maximum Gasteiger partial charge on any atom is 0.276 e. The summed E-state index contributed by atoms with van der Waals surface area (Å²) in [6.45, 7) is 2.39. The number of hydrogen-bond acceptors (Lipinski definition) is 4. The summed E-state index contributed by atoms with van der Waals surface area (Å²) in [6.07, 6.45) is 3.75. The van der Waals surface area contributed by atoms with Gasteiger partial charge in [0.05, 0.1) is 12.7 Å². The zero-order valence-corrected chi connectivity index (χ0v) is 13.5. The molecule has 1 aliphatic rings. The van der Waals surface area contributed by atoms with E-state index in [0.717, 1.165) is 37.4 Å². The first-order valence-electron chi connectivity index (χ1n) is 8.34. The van der Waals surface area contributed by atoms with Gasteiger partial charge in [-0.3, -0.25) is 4.79 Å². The Bertz CT molecular complexity index is 899. The molecule has 3 heterocycles. The van der Waals surface area contributed by atoms with Crippen LogP contribution in [0.5, 0.6) is 0 Å². The molecule has 1 saturated heterocycles. The molecule has 0 bridgehead atoms. The van der Waals surface area contributed by atoms with Crippen LogP contribution in [0, 0.1) is 0 Å². The summed E-state index contributed by atoms with van der Waals surface area (Å²) in [4.78, 5) is 14.6. The quantitative estimate of drug-likeness (QED) is 0.792. The van der Waals surface area contributed by atoms with Gasteiger partial charge >= 0.3 is 0 Å². The van der Waals surface area contributed by atoms with Crippen LogP contribution < -0.4 is 16.2 Å². The monoisotopic (exact) mass is 323 g/mol. The van der Waals surface area contributed by atoms with Gasteiger partial charge in [-0.15, -0.1) is 0 Å². The number of nitrogens with zero attached hydrogens (tertiary/aromatic N) is 4. The van der Waals surface area contributed by atoms with Gasteiger partial charge in [0.2, 0.25) is 0 Å². The van der Waals surface area contributed by atoms with Gasteiger partial charge in [-0.05, 0) is 18.4 Å². The Morgan fingerprint density at radius 2 is 2.04 bits per heavy atom. The van der Waals surface area contributed by atoms with Crippen molar-refractivity contribution in [2.75, 3.05) is 18.0 Å². The van der Waals surface area contributed by atoms with Crippen LogP contribution in [0.4, 0.5) is 5.82 Å². The predicted octanol–water partition coefficient (Wildman–Crippen LogP) is 1.47. The lowest BCUT2D eigenvalue weighted by Crippen LogP contribution is -2.44. The van der Waals surface area contributed by atoms with Crippen molar-refractivity contribution in [3.05, 3.63) is 64.6 Å². The Kier molecular flexibility index (Phi) is 3.82. The first-order valence-corrected chi connectivity index (χ1v) is 8.34. The Labute approximate surface area is 140 Å². The van der Waals surface area contributed by atoms with E-state index < -0.39 is 0 Å². The zero-order valence-electron chi connectivity index (χ0n) is 13.5. The molecule has 3 aromatic rings. The highest BCUT2D eigenvalue weighted by molar-refractivity contribution is 5.51. The number of nitrogens with two attached hydrogens (primary N) is 1. The summed E-state index contributed by atoms with van der Waals surface area (Å²) in [7, 11) is 0. The van der Waals surface area contributed by atoms with Crippen molar-refractivity contribution in [2.45, 2.75) is 25.4 Å². The van der Waals surface area contributed by atoms with Crippen LogP contribution in [-0.4, -0.2) is 33.3 Å². The van der Waals surface area contributed by atoms with Crippen LogP contribution in [0.15, 0.2) is 53.5 Å². The highest BCUT2D eigenvalue weighted by Gasteiger charge is 2.21. The Hall–Kier alpha value is -2.60. The van der Waals surface area contributed by atoms with Gasteiger partial charge in [0, 0.05) is 31.3 Å². The number of rotatable bonds is 3. The van der Waals surface area contributed by atoms with E-state index in [0.29, 0.717) is 6.54 Å². The average Bonchev–Trinajstić information content (AvgIpc) is 3.09. The molecule has 24 heavy (non-hydrogen) atoms. The van der Waals surface area contributed by atoms with Crippen molar-refractivity contribution >= 4 is 11.5 Å². The fourth-order valence-corrected chi connectivity index (χ4v) is 3.45. The third kappa shape index (κ3) is 2.69. The number of anilines is 1. The van der Waals surface area contributed by atoms with Crippen molar-refractivity contribution in [2.24, 2.45) is 5.73 Å². The van der Waals surface area contributed by atoms with Gasteiger partial charge in [-0.2, -0.15) is 9.61 Å². The smallest absolute Gasteiger partial charge is 0.276 e. The van der Waals surface area contributed by atoms with E-state index in [-0.39, 0.29) is 11.6 Å². The molecule has 1 aliphatic heterocycles. The number of hydrogen-bond donors (Lipinski definition) is 1. The molecule has 0 unspecified atom stereocenters. The van der Waals surface area contributed by atoms with Crippen molar-refractivity contribution in [1.29, 1.82) is 0 Å². The fourth-order valence-electron chi connectivity index (χ4n) is 3.45. The van der Waals surface area contributed by atoms with E-state index in [1.165, 1.54) is 10.1 Å². The number of fused-ring (bicyclic) bond motifs is 1. The van der Waals surface area contributed by atoms with Crippen molar-refractivity contribution < 1.29 is 0 Å². The van der Waals surface area contributed by atoms with Crippen molar-refractivity contribution in [3.63, 3.8) is 0 Å². The van der Waals surface area contributed by atoms with Gasteiger partial charge in [0.25, 0.3) is 5.56 Å². The minimum Gasteiger partial charge on any atom is -0.356 e. The molecule has 1 aromatic carbocycles. The number of piperidine rings is 1. The minimum absolute atomic E-state index is 0.103. The number of aromatic nitrogens is 3. The van der Waals surface area contributed by atoms with E-state index in [4.69, 9.17) is 5.73 Å². The molecule has 4 rings (SSSR count). The molecule has 0 radical (unpaired) electrons. The Morgan fingerprint density at radius 1 is 1.21 bits per heavy atom. The molecule has 1 atom stereocenters. The lowest BCUT2D eigenvalue weighted by molar-refractivity contribution is 0.497. The molecular weight excluding hydrogens is 302 g/mol. The lowest BCUT2D eigenvalue weighted by Gasteiger charge is -2.34. The van der Waals surface area contributed by atoms with Gasteiger partial charge in [0.1, 0.15) is 11.5 Å².